The van der Waals surface area contributed by atoms with Crippen molar-refractivity contribution >= 4 is 44.1 Å². The lowest BCUT2D eigenvalue weighted by Crippen LogP contribution is -2.40. The van der Waals surface area contributed by atoms with E-state index in [4.69, 9.17) is 21.1 Å². The van der Waals surface area contributed by atoms with Crippen molar-refractivity contribution in [2.45, 2.75) is 81.6 Å². The van der Waals surface area contributed by atoms with Crippen LogP contribution in [0.5, 0.6) is 17.2 Å². The summed E-state index contributed by atoms with van der Waals surface area (Å²) in [5.41, 5.74) is 4.17. The van der Waals surface area contributed by atoms with E-state index in [0.29, 0.717) is 46.5 Å². The number of amides is 1. The second-order valence-electron chi connectivity index (χ2n) is 17.0. The second-order valence-corrected chi connectivity index (χ2v) is 19.7. The Hall–Kier alpha value is -5.66. The highest BCUT2D eigenvalue weighted by Gasteiger charge is 2.33. The second kappa shape index (κ2) is 18.0. The highest BCUT2D eigenvalue weighted by molar-refractivity contribution is 7.91. The van der Waals surface area contributed by atoms with Gasteiger partial charge in [0.25, 0.3) is 11.5 Å². The number of aromatic nitrogens is 4. The fraction of sp³-hybridized carbons (Fsp3) is 0.375. The summed E-state index contributed by atoms with van der Waals surface area (Å²) in [6.07, 6.45) is 12.4. The summed E-state index contributed by atoms with van der Waals surface area (Å²) in [4.78, 5) is 31.2. The number of aromatic amines is 1. The predicted octanol–water partition coefficient (Wildman–Crippen LogP) is 8.99. The number of aryl methyl sites for hydroxylation is 2. The number of H-pyrrole nitrogens is 1. The molecule has 2 N–H and O–H groups in total. The Morgan fingerprint density at radius 2 is 1.69 bits per heavy atom. The molecular formula is C48H51ClN6O6S. The van der Waals surface area contributed by atoms with Gasteiger partial charge in [-0.25, -0.2) is 8.42 Å². The summed E-state index contributed by atoms with van der Waals surface area (Å²) in [6.45, 7) is 1.77. The van der Waals surface area contributed by atoms with E-state index in [1.54, 1.807) is 25.5 Å². The number of ether oxygens (including phenoxy) is 2. The molecule has 62 heavy (non-hydrogen) atoms. The van der Waals surface area contributed by atoms with E-state index < -0.39 is 15.1 Å². The molecule has 1 aliphatic carbocycles. The Kier molecular flexibility index (Phi) is 12.1. The molecule has 0 bridgehead atoms. The lowest BCUT2D eigenvalue weighted by Gasteiger charge is -2.32. The van der Waals surface area contributed by atoms with Crippen LogP contribution in [0, 0.1) is 5.92 Å². The molecule has 3 aromatic heterocycles. The van der Waals surface area contributed by atoms with Crippen LogP contribution in [-0.4, -0.2) is 65.1 Å². The van der Waals surface area contributed by atoms with Gasteiger partial charge < -0.3 is 29.2 Å². The number of carbonyl (C=O) groups excluding carboxylic acids is 1. The maximum atomic E-state index is 13.0. The summed E-state index contributed by atoms with van der Waals surface area (Å²) in [6, 6.07) is 26.9. The van der Waals surface area contributed by atoms with Crippen molar-refractivity contribution in [3.63, 3.8) is 0 Å². The van der Waals surface area contributed by atoms with Crippen molar-refractivity contribution in [2.24, 2.45) is 13.0 Å². The lowest BCUT2D eigenvalue weighted by atomic mass is 9.90. The van der Waals surface area contributed by atoms with Crippen LogP contribution in [0.3, 0.4) is 0 Å². The van der Waals surface area contributed by atoms with E-state index in [0.717, 1.165) is 98.1 Å². The molecule has 0 radical (unpaired) electrons. The predicted molar refractivity (Wildman–Crippen MR) is 242 cm³/mol. The SMILES string of the molecule is Cn1cc(-c2cc(C3CCCS3(=O)=O)ccc2Oc2ccc(CCC3CCN(c4ccc(C(=O)NC5CCC(Oc6cccc(Cl)c6)CC5)nn4)CC3)cc2)c2cc[nH]c2c1=O. The Balaban J connectivity index is 0.766. The van der Waals surface area contributed by atoms with Gasteiger partial charge in [0.05, 0.1) is 17.1 Å². The Morgan fingerprint density at radius 3 is 2.42 bits per heavy atom. The topological polar surface area (TPSA) is 149 Å². The standard InChI is InChI=1S/C48H51ClN6O6S/c1-54-30-41(39-21-24-50-46(39)48(54)57)40-28-33(44-6-3-27-62(44,58)59)11-19-43(40)61-37-14-9-31(10-15-37)7-8-32-22-25-55(26-23-32)45-20-18-42(52-53-45)47(56)51-35-12-16-36(17-13-35)60-38-5-2-4-34(49)29-38/h2,4-5,9-11,14-15,18-21,24,28-30,32,35-36,44,50H,3,6-8,12-13,16-17,22-23,25-27H2,1H3,(H,51,56). The molecule has 6 aromatic rings. The normalized spacial score (nSPS) is 20.3. The number of piperidine rings is 1. The number of anilines is 1. The molecule has 1 atom stereocenters. The maximum Gasteiger partial charge on any atom is 0.274 e. The lowest BCUT2D eigenvalue weighted by molar-refractivity contribution is 0.0888. The zero-order valence-corrected chi connectivity index (χ0v) is 36.3. The third-order valence-corrected chi connectivity index (χ3v) is 15.3. The van der Waals surface area contributed by atoms with Crippen LogP contribution in [0.1, 0.15) is 84.7 Å². The van der Waals surface area contributed by atoms with E-state index in [-0.39, 0.29) is 29.4 Å². The zero-order chi connectivity index (χ0) is 42.8. The Labute approximate surface area is 366 Å². The van der Waals surface area contributed by atoms with Gasteiger partial charge in [-0.3, -0.25) is 9.59 Å². The molecule has 2 aliphatic heterocycles. The van der Waals surface area contributed by atoms with Crippen molar-refractivity contribution in [1.29, 1.82) is 0 Å². The first kappa shape index (κ1) is 41.7. The van der Waals surface area contributed by atoms with Crippen LogP contribution in [-0.2, 0) is 23.3 Å². The molecule has 322 valence electrons. The minimum atomic E-state index is -3.23. The summed E-state index contributed by atoms with van der Waals surface area (Å²) in [5, 5.41) is 12.7. The fourth-order valence-corrected chi connectivity index (χ4v) is 11.4. The van der Waals surface area contributed by atoms with Gasteiger partial charge in [0, 0.05) is 60.1 Å². The molecule has 2 saturated heterocycles. The van der Waals surface area contributed by atoms with E-state index in [2.05, 4.69) is 37.5 Å². The molecule has 12 nitrogen and oxygen atoms in total. The van der Waals surface area contributed by atoms with Gasteiger partial charge in [0.1, 0.15) is 22.8 Å². The van der Waals surface area contributed by atoms with Crippen molar-refractivity contribution in [2.75, 3.05) is 23.7 Å². The number of hydrogen-bond acceptors (Lipinski definition) is 9. The monoisotopic (exact) mass is 874 g/mol. The molecule has 1 unspecified atom stereocenters. The Morgan fingerprint density at radius 1 is 0.887 bits per heavy atom. The largest absolute Gasteiger partial charge is 0.490 e. The third-order valence-electron chi connectivity index (χ3n) is 12.8. The number of nitrogens with zero attached hydrogens (tertiary/aromatic N) is 4. The summed E-state index contributed by atoms with van der Waals surface area (Å²) in [7, 11) is -1.52. The number of nitrogens with one attached hydrogen (secondary N) is 2. The zero-order valence-electron chi connectivity index (χ0n) is 34.8. The highest BCUT2D eigenvalue weighted by Crippen LogP contribution is 2.42. The van der Waals surface area contributed by atoms with Gasteiger partial charge in [-0.15, -0.1) is 10.2 Å². The number of benzene rings is 3. The van der Waals surface area contributed by atoms with Crippen molar-refractivity contribution in [3.05, 3.63) is 130 Å². The molecule has 9 rings (SSSR count). The molecule has 3 aliphatic rings. The Bertz CT molecular complexity index is 2720. The minimum Gasteiger partial charge on any atom is -0.490 e. The first-order chi connectivity index (χ1) is 30.1. The van der Waals surface area contributed by atoms with Crippen LogP contribution in [0.4, 0.5) is 5.82 Å². The first-order valence-electron chi connectivity index (χ1n) is 21.7. The highest BCUT2D eigenvalue weighted by atomic mass is 35.5. The van der Waals surface area contributed by atoms with Crippen LogP contribution in [0.25, 0.3) is 22.0 Å². The maximum absolute atomic E-state index is 13.0. The number of carbonyl (C=O) groups is 1. The van der Waals surface area contributed by atoms with Crippen molar-refractivity contribution in [1.82, 2.24) is 25.1 Å². The minimum absolute atomic E-state index is 0.0770. The van der Waals surface area contributed by atoms with Gasteiger partial charge in [0.15, 0.2) is 21.3 Å². The molecular weight excluding hydrogens is 824 g/mol. The molecule has 1 amide bonds. The third kappa shape index (κ3) is 9.24. The van der Waals surface area contributed by atoms with Crippen LogP contribution in [0.2, 0.25) is 5.02 Å². The smallest absolute Gasteiger partial charge is 0.274 e. The number of pyridine rings is 1. The summed E-state index contributed by atoms with van der Waals surface area (Å²) < 4.78 is 40.0. The van der Waals surface area contributed by atoms with Gasteiger partial charge in [0.2, 0.25) is 0 Å². The number of rotatable bonds is 12. The van der Waals surface area contributed by atoms with E-state index in [1.165, 1.54) is 10.1 Å². The molecule has 3 aromatic carbocycles. The van der Waals surface area contributed by atoms with Gasteiger partial charge in [-0.05, 0) is 142 Å². The number of halogens is 1. The first-order valence-corrected chi connectivity index (χ1v) is 23.8. The van der Waals surface area contributed by atoms with Crippen LogP contribution in [0.15, 0.2) is 102 Å². The number of fused-ring (bicyclic) bond motifs is 1. The van der Waals surface area contributed by atoms with Gasteiger partial charge in [-0.1, -0.05) is 35.9 Å². The molecule has 14 heteroatoms. The van der Waals surface area contributed by atoms with Crippen molar-refractivity contribution in [3.8, 4) is 28.4 Å². The number of hydrogen-bond donors (Lipinski definition) is 2. The summed E-state index contributed by atoms with van der Waals surface area (Å²) >= 11 is 6.10. The van der Waals surface area contributed by atoms with E-state index >= 15 is 0 Å². The van der Waals surface area contributed by atoms with E-state index in [9.17, 15) is 18.0 Å². The molecule has 1 saturated carbocycles. The number of sulfone groups is 1. The van der Waals surface area contributed by atoms with Crippen LogP contribution >= 0.6 is 11.6 Å². The van der Waals surface area contributed by atoms with Gasteiger partial charge >= 0.3 is 0 Å². The quantitative estimate of drug-likeness (QED) is 0.123. The van der Waals surface area contributed by atoms with E-state index in [1.807, 2.05) is 66.7 Å². The summed E-state index contributed by atoms with van der Waals surface area (Å²) in [5.74, 6) is 3.41. The molecule has 0 spiro atoms. The average molecular weight is 875 g/mol. The molecule has 3 fully saturated rings. The molecule has 5 heterocycles. The fourth-order valence-electron chi connectivity index (χ4n) is 9.30. The van der Waals surface area contributed by atoms with Gasteiger partial charge in [-0.2, -0.15) is 0 Å². The van der Waals surface area contributed by atoms with Crippen LogP contribution < -0.4 is 25.2 Å². The van der Waals surface area contributed by atoms with Crippen molar-refractivity contribution < 1.29 is 22.7 Å². The average Bonchev–Trinajstić information content (AvgIpc) is 3.92.